The van der Waals surface area contributed by atoms with E-state index in [0.717, 1.165) is 10.1 Å². The highest BCUT2D eigenvalue weighted by Crippen LogP contribution is 2.38. The van der Waals surface area contributed by atoms with Gasteiger partial charge in [0, 0.05) is 12.3 Å². The molecular formula is C18H25FN2O7. The molecule has 2 N–H and O–H groups in total. The minimum atomic E-state index is -2.87. The van der Waals surface area contributed by atoms with E-state index in [-0.39, 0.29) is 12.5 Å². The number of ether oxygens (including phenoxy) is 3. The molecule has 1 saturated heterocycles. The molecule has 0 spiro atoms. The molecule has 1 aromatic heterocycles. The maximum atomic E-state index is 14.9. The first kappa shape index (κ1) is 22.0. The number of alkyl halides is 1. The van der Waals surface area contributed by atoms with Gasteiger partial charge in [-0.3, -0.25) is 9.36 Å². The third-order valence-electron chi connectivity index (χ3n) is 4.06. The Morgan fingerprint density at radius 2 is 2.14 bits per heavy atom. The highest BCUT2D eigenvalue weighted by atomic mass is 19.2. The van der Waals surface area contributed by atoms with Gasteiger partial charge in [0.25, 0.3) is 5.85 Å². The van der Waals surface area contributed by atoms with Crippen LogP contribution in [0.4, 0.5) is 4.39 Å². The molecule has 0 saturated carbocycles. The van der Waals surface area contributed by atoms with Gasteiger partial charge in [-0.05, 0) is 19.9 Å². The van der Waals surface area contributed by atoms with Gasteiger partial charge in [-0.15, -0.1) is 0 Å². The number of hydrogen-bond donors (Lipinski definition) is 2. The molecule has 1 aliphatic rings. The zero-order valence-electron chi connectivity index (χ0n) is 16.2. The summed E-state index contributed by atoms with van der Waals surface area (Å²) < 4.78 is 30.8. The lowest BCUT2D eigenvalue weighted by Gasteiger charge is -2.23. The first-order valence-electron chi connectivity index (χ1n) is 8.80. The zero-order valence-corrected chi connectivity index (χ0v) is 16.2. The Balaban J connectivity index is 2.13. The van der Waals surface area contributed by atoms with Crippen LogP contribution < -0.4 is 10.4 Å². The molecule has 0 amide bonds. The van der Waals surface area contributed by atoms with E-state index in [9.17, 15) is 24.2 Å². The fourth-order valence-corrected chi connectivity index (χ4v) is 2.39. The fraction of sp³-hybridized carbons (Fsp3) is 0.611. The van der Waals surface area contributed by atoms with Crippen LogP contribution in [-0.2, 0) is 14.3 Å². The van der Waals surface area contributed by atoms with Gasteiger partial charge in [-0.2, -0.15) is 4.98 Å². The van der Waals surface area contributed by atoms with Crippen molar-refractivity contribution in [3.8, 4) is 5.88 Å². The first-order chi connectivity index (χ1) is 13.0. The van der Waals surface area contributed by atoms with Gasteiger partial charge >= 0.3 is 11.7 Å². The van der Waals surface area contributed by atoms with Crippen LogP contribution in [0.1, 0.15) is 33.9 Å². The van der Waals surface area contributed by atoms with Crippen LogP contribution in [0.25, 0.3) is 0 Å². The van der Waals surface area contributed by atoms with Crippen LogP contribution >= 0.6 is 0 Å². The third kappa shape index (κ3) is 4.94. The van der Waals surface area contributed by atoms with Crippen molar-refractivity contribution >= 4 is 5.97 Å². The van der Waals surface area contributed by atoms with Crippen molar-refractivity contribution in [2.75, 3.05) is 13.2 Å². The van der Waals surface area contributed by atoms with Crippen molar-refractivity contribution in [2.45, 2.75) is 52.0 Å². The lowest BCUT2D eigenvalue weighted by molar-refractivity contribution is -0.218. The highest BCUT2D eigenvalue weighted by Gasteiger charge is 2.57. The number of nitrogens with zero attached hydrogens (tertiary/aromatic N) is 2. The van der Waals surface area contributed by atoms with Crippen LogP contribution in [0.2, 0.25) is 0 Å². The van der Waals surface area contributed by atoms with Gasteiger partial charge in [0.15, 0.2) is 12.8 Å². The van der Waals surface area contributed by atoms with E-state index in [4.69, 9.17) is 14.2 Å². The van der Waals surface area contributed by atoms with Gasteiger partial charge in [0.1, 0.15) is 18.8 Å². The van der Waals surface area contributed by atoms with Crippen molar-refractivity contribution < 1.29 is 33.6 Å². The summed E-state index contributed by atoms with van der Waals surface area (Å²) in [6.45, 7) is 6.19. The Kier molecular flexibility index (Phi) is 6.91. The summed E-state index contributed by atoms with van der Waals surface area (Å²) in [5.41, 5.74) is 0.164. The number of carbonyl (C=O) groups is 1. The van der Waals surface area contributed by atoms with E-state index in [1.165, 1.54) is 12.3 Å². The maximum Gasteiger partial charge on any atom is 0.353 e. The molecule has 4 atom stereocenters. The molecule has 9 nitrogen and oxygen atoms in total. The molecule has 0 aliphatic carbocycles. The van der Waals surface area contributed by atoms with Crippen molar-refractivity contribution in [3.05, 3.63) is 34.4 Å². The molecule has 2 heterocycles. The van der Waals surface area contributed by atoms with Crippen molar-refractivity contribution in [3.63, 3.8) is 0 Å². The van der Waals surface area contributed by atoms with Gasteiger partial charge in [-0.1, -0.05) is 19.4 Å². The molecule has 0 unspecified atom stereocenters. The molecule has 10 heteroatoms. The molecule has 0 radical (unpaired) electrons. The van der Waals surface area contributed by atoms with Crippen LogP contribution in [-0.4, -0.2) is 57.0 Å². The van der Waals surface area contributed by atoms with Crippen molar-refractivity contribution in [1.29, 1.82) is 0 Å². The number of aliphatic hydroxyl groups excluding tert-OH is 2. The average molecular weight is 400 g/mol. The molecular weight excluding hydrogens is 375 g/mol. The number of aromatic nitrogens is 2. The largest absolute Gasteiger partial charge is 0.473 e. The summed E-state index contributed by atoms with van der Waals surface area (Å²) >= 11 is 0. The third-order valence-corrected chi connectivity index (χ3v) is 4.06. The summed E-state index contributed by atoms with van der Waals surface area (Å²) in [4.78, 5) is 27.4. The highest BCUT2D eigenvalue weighted by molar-refractivity contribution is 5.71. The van der Waals surface area contributed by atoms with Gasteiger partial charge in [0.2, 0.25) is 5.88 Å². The van der Waals surface area contributed by atoms with Crippen molar-refractivity contribution in [2.24, 2.45) is 5.92 Å². The molecule has 0 aromatic carbocycles. The van der Waals surface area contributed by atoms with Gasteiger partial charge in [0.05, 0.1) is 5.92 Å². The van der Waals surface area contributed by atoms with E-state index >= 15 is 0 Å². The number of carbonyl (C=O) groups excluding carboxylic acids is 1. The predicted molar refractivity (Wildman–Crippen MR) is 95.2 cm³/mol. The normalized spacial score (nSPS) is 26.9. The number of halogens is 1. The fourth-order valence-electron chi connectivity index (χ4n) is 2.39. The van der Waals surface area contributed by atoms with Crippen LogP contribution in [0.15, 0.2) is 28.7 Å². The second kappa shape index (κ2) is 8.80. The number of rotatable bonds is 7. The Bertz CT molecular complexity index is 790. The molecule has 1 fully saturated rings. The van der Waals surface area contributed by atoms with Crippen LogP contribution in [0.5, 0.6) is 5.88 Å². The SMILES string of the molecule is CC(C)=CCOc1ccn([C@@H]2O[C@](F)(COC(=O)C(C)C)[C@@H](O)[C@H]2O)c(=O)n1. The van der Waals surface area contributed by atoms with E-state index < -0.39 is 48.5 Å². The van der Waals surface area contributed by atoms with E-state index in [1.54, 1.807) is 19.9 Å². The molecule has 1 aliphatic heterocycles. The first-order valence-corrected chi connectivity index (χ1v) is 8.80. The number of aliphatic hydroxyl groups is 2. The summed E-state index contributed by atoms with van der Waals surface area (Å²) in [6, 6.07) is 1.35. The second-order valence-electron chi connectivity index (χ2n) is 7.04. The standard InChI is InChI=1S/C18H25FN2O7/c1-10(2)6-8-26-12-5-7-21(17(25)20-12)15-13(22)14(23)18(19,28-15)9-27-16(24)11(3)4/h5-7,11,13-15,22-23H,8-9H2,1-4H3/t13-,14+,15-,18-/m1/s1. The predicted octanol–water partition coefficient (Wildman–Crippen LogP) is 0.704. The number of allylic oxidation sites excluding steroid dienone is 1. The summed E-state index contributed by atoms with van der Waals surface area (Å²) in [5, 5.41) is 20.1. The number of esters is 1. The summed E-state index contributed by atoms with van der Waals surface area (Å²) in [6.07, 6.45) is -2.36. The van der Waals surface area contributed by atoms with Gasteiger partial charge < -0.3 is 24.4 Å². The Morgan fingerprint density at radius 1 is 1.46 bits per heavy atom. The molecule has 1 aromatic rings. The average Bonchev–Trinajstić information content (AvgIpc) is 2.84. The monoisotopic (exact) mass is 400 g/mol. The van der Waals surface area contributed by atoms with E-state index in [0.29, 0.717) is 0 Å². The molecule has 28 heavy (non-hydrogen) atoms. The van der Waals surface area contributed by atoms with Crippen LogP contribution in [0.3, 0.4) is 0 Å². The van der Waals surface area contributed by atoms with Gasteiger partial charge in [-0.25, -0.2) is 9.18 Å². The lowest BCUT2D eigenvalue weighted by Crippen LogP contribution is -2.43. The molecule has 0 bridgehead atoms. The topological polar surface area (TPSA) is 120 Å². The second-order valence-corrected chi connectivity index (χ2v) is 7.04. The lowest BCUT2D eigenvalue weighted by atomic mass is 10.1. The van der Waals surface area contributed by atoms with Crippen LogP contribution in [0, 0.1) is 5.92 Å². The summed E-state index contributed by atoms with van der Waals surface area (Å²) in [7, 11) is 0. The Hall–Kier alpha value is -2.30. The minimum Gasteiger partial charge on any atom is -0.473 e. The van der Waals surface area contributed by atoms with E-state index in [2.05, 4.69) is 4.98 Å². The zero-order chi connectivity index (χ0) is 21.1. The Morgan fingerprint density at radius 3 is 2.71 bits per heavy atom. The number of hydrogen-bond acceptors (Lipinski definition) is 8. The molecule has 2 rings (SSSR count). The van der Waals surface area contributed by atoms with Crippen molar-refractivity contribution in [1.82, 2.24) is 9.55 Å². The molecule has 156 valence electrons. The minimum absolute atomic E-state index is 0.0455. The van der Waals surface area contributed by atoms with E-state index in [1.807, 2.05) is 13.8 Å². The summed E-state index contributed by atoms with van der Waals surface area (Å²) in [5.74, 6) is -4.02. The Labute approximate surface area is 161 Å². The maximum absolute atomic E-state index is 14.9. The quantitative estimate of drug-likeness (QED) is 0.507. The smallest absolute Gasteiger partial charge is 0.353 e.